The maximum Gasteiger partial charge on any atom is 0.401 e. The van der Waals surface area contributed by atoms with Crippen LogP contribution in [0.15, 0.2) is 0 Å². The summed E-state index contributed by atoms with van der Waals surface area (Å²) in [6.07, 6.45) is -2.35. The lowest BCUT2D eigenvalue weighted by Gasteiger charge is -2.30. The molecule has 0 atom stereocenters. The molecule has 1 heterocycles. The molecule has 3 nitrogen and oxygen atoms in total. The van der Waals surface area contributed by atoms with Gasteiger partial charge in [-0.15, -0.1) is 0 Å². The summed E-state index contributed by atoms with van der Waals surface area (Å²) in [6, 6.07) is 0. The minimum absolute atomic E-state index is 0.101. The van der Waals surface area contributed by atoms with Crippen molar-refractivity contribution in [1.29, 1.82) is 0 Å². The molecule has 0 spiro atoms. The molecule has 0 unspecified atom stereocenters. The Morgan fingerprint density at radius 1 is 1.25 bits per heavy atom. The van der Waals surface area contributed by atoms with Gasteiger partial charge in [-0.2, -0.15) is 13.2 Å². The monoisotopic (exact) mass is 240 g/mol. The fourth-order valence-corrected chi connectivity index (χ4v) is 2.06. The zero-order valence-electron chi connectivity index (χ0n) is 9.26. The van der Waals surface area contributed by atoms with Crippen molar-refractivity contribution in [3.05, 3.63) is 0 Å². The number of halogens is 3. The Hall–Kier alpha value is -0.330. The summed E-state index contributed by atoms with van der Waals surface area (Å²) in [6.45, 7) is 1.15. The number of nitrogens with one attached hydrogen (secondary N) is 1. The normalized spacial score (nSPS) is 19.3. The second-order valence-electron chi connectivity index (χ2n) is 4.27. The predicted octanol–water partition coefficient (Wildman–Crippen LogP) is 0.843. The van der Waals surface area contributed by atoms with E-state index in [0.29, 0.717) is 12.5 Å². The number of piperidine rings is 1. The summed E-state index contributed by atoms with van der Waals surface area (Å²) < 4.78 is 36.7. The van der Waals surface area contributed by atoms with E-state index >= 15 is 0 Å². The molecule has 0 aromatic rings. The van der Waals surface area contributed by atoms with Crippen LogP contribution in [0.5, 0.6) is 0 Å². The van der Waals surface area contributed by atoms with E-state index in [1.807, 2.05) is 0 Å². The van der Waals surface area contributed by atoms with Gasteiger partial charge in [-0.1, -0.05) is 0 Å². The summed E-state index contributed by atoms with van der Waals surface area (Å²) in [7, 11) is 0. The molecular formula is C10H19F3N2O. The number of hydrogen-bond donors (Lipinski definition) is 2. The Morgan fingerprint density at radius 2 is 1.88 bits per heavy atom. The molecule has 96 valence electrons. The van der Waals surface area contributed by atoms with Crippen LogP contribution in [0.1, 0.15) is 12.8 Å². The van der Waals surface area contributed by atoms with Gasteiger partial charge in [0.15, 0.2) is 0 Å². The third-order valence-electron chi connectivity index (χ3n) is 2.79. The van der Waals surface area contributed by atoms with Crippen molar-refractivity contribution in [2.24, 2.45) is 5.92 Å². The number of aliphatic hydroxyl groups is 1. The quantitative estimate of drug-likeness (QED) is 0.747. The molecule has 1 saturated heterocycles. The minimum atomic E-state index is -4.18. The van der Waals surface area contributed by atoms with Crippen LogP contribution in [0, 0.1) is 5.92 Å². The number of hydrogen-bond acceptors (Lipinski definition) is 3. The van der Waals surface area contributed by atoms with Gasteiger partial charge in [-0.3, -0.25) is 4.90 Å². The average molecular weight is 240 g/mol. The summed E-state index contributed by atoms with van der Waals surface area (Å²) in [5.41, 5.74) is 0. The zero-order chi connectivity index (χ0) is 12.0. The van der Waals surface area contributed by atoms with E-state index in [0.717, 1.165) is 25.9 Å². The molecule has 0 aromatic heterocycles. The van der Waals surface area contributed by atoms with Crippen LogP contribution < -0.4 is 5.32 Å². The molecule has 6 heteroatoms. The van der Waals surface area contributed by atoms with E-state index in [2.05, 4.69) is 5.32 Å². The molecule has 0 radical (unpaired) electrons. The largest absolute Gasteiger partial charge is 0.401 e. The zero-order valence-corrected chi connectivity index (χ0v) is 9.26. The standard InChI is InChI=1S/C10H19F3N2O/c11-10(12,13)8-15(5-6-16)7-9-1-3-14-4-2-9/h9,14,16H,1-8H2. The number of aliphatic hydroxyl groups excluding tert-OH is 1. The van der Waals surface area contributed by atoms with Crippen LogP contribution in [0.3, 0.4) is 0 Å². The second kappa shape index (κ2) is 6.42. The van der Waals surface area contributed by atoms with Crippen LogP contribution in [-0.2, 0) is 0 Å². The lowest BCUT2D eigenvalue weighted by atomic mass is 9.97. The Kier molecular flexibility index (Phi) is 5.51. The number of nitrogens with zero attached hydrogens (tertiary/aromatic N) is 1. The molecule has 16 heavy (non-hydrogen) atoms. The summed E-state index contributed by atoms with van der Waals surface area (Å²) >= 11 is 0. The molecule has 0 aliphatic carbocycles. The first-order valence-corrected chi connectivity index (χ1v) is 5.62. The van der Waals surface area contributed by atoms with Gasteiger partial charge in [0.25, 0.3) is 0 Å². The van der Waals surface area contributed by atoms with Crippen LogP contribution in [0.4, 0.5) is 13.2 Å². The first kappa shape index (κ1) is 13.7. The highest BCUT2D eigenvalue weighted by Crippen LogP contribution is 2.19. The Labute approximate surface area is 93.6 Å². The fourth-order valence-electron chi connectivity index (χ4n) is 2.06. The van der Waals surface area contributed by atoms with Crippen LogP contribution >= 0.6 is 0 Å². The predicted molar refractivity (Wildman–Crippen MR) is 55.2 cm³/mol. The van der Waals surface area contributed by atoms with Crippen molar-refractivity contribution in [2.75, 3.05) is 39.3 Å². The van der Waals surface area contributed by atoms with E-state index in [-0.39, 0.29) is 13.2 Å². The molecule has 2 N–H and O–H groups in total. The molecule has 1 rings (SSSR count). The van der Waals surface area contributed by atoms with E-state index in [1.165, 1.54) is 4.90 Å². The Morgan fingerprint density at radius 3 is 2.38 bits per heavy atom. The van der Waals surface area contributed by atoms with Gasteiger partial charge < -0.3 is 10.4 Å². The molecule has 0 aromatic carbocycles. The van der Waals surface area contributed by atoms with Gasteiger partial charge in [-0.25, -0.2) is 0 Å². The van der Waals surface area contributed by atoms with E-state index in [4.69, 9.17) is 5.11 Å². The van der Waals surface area contributed by atoms with Gasteiger partial charge in [0, 0.05) is 13.1 Å². The fraction of sp³-hybridized carbons (Fsp3) is 1.00. The highest BCUT2D eigenvalue weighted by Gasteiger charge is 2.31. The average Bonchev–Trinajstić information content (AvgIpc) is 2.17. The van der Waals surface area contributed by atoms with E-state index in [9.17, 15) is 13.2 Å². The van der Waals surface area contributed by atoms with Crippen molar-refractivity contribution in [3.8, 4) is 0 Å². The minimum Gasteiger partial charge on any atom is -0.395 e. The highest BCUT2D eigenvalue weighted by atomic mass is 19.4. The Balaban J connectivity index is 2.36. The molecule has 0 bridgehead atoms. The molecular weight excluding hydrogens is 221 g/mol. The van der Waals surface area contributed by atoms with Crippen LogP contribution in [0.2, 0.25) is 0 Å². The highest BCUT2D eigenvalue weighted by molar-refractivity contribution is 4.73. The number of rotatable bonds is 5. The maximum atomic E-state index is 12.2. The van der Waals surface area contributed by atoms with Crippen LogP contribution in [0.25, 0.3) is 0 Å². The van der Waals surface area contributed by atoms with Gasteiger partial charge in [0.05, 0.1) is 13.2 Å². The summed E-state index contributed by atoms with van der Waals surface area (Å²) in [5, 5.41) is 11.9. The van der Waals surface area contributed by atoms with Crippen molar-refractivity contribution in [2.45, 2.75) is 19.0 Å². The lowest BCUT2D eigenvalue weighted by Crippen LogP contribution is -2.41. The third-order valence-corrected chi connectivity index (χ3v) is 2.79. The maximum absolute atomic E-state index is 12.2. The van der Waals surface area contributed by atoms with Gasteiger partial charge >= 0.3 is 6.18 Å². The van der Waals surface area contributed by atoms with E-state index in [1.54, 1.807) is 0 Å². The van der Waals surface area contributed by atoms with Crippen molar-refractivity contribution >= 4 is 0 Å². The first-order chi connectivity index (χ1) is 7.51. The Bertz CT molecular complexity index is 193. The van der Waals surface area contributed by atoms with Gasteiger partial charge in [0.2, 0.25) is 0 Å². The topological polar surface area (TPSA) is 35.5 Å². The first-order valence-electron chi connectivity index (χ1n) is 5.62. The van der Waals surface area contributed by atoms with Crippen molar-refractivity contribution < 1.29 is 18.3 Å². The summed E-state index contributed by atoms with van der Waals surface area (Å²) in [5.74, 6) is 0.315. The molecule has 1 fully saturated rings. The van der Waals surface area contributed by atoms with Crippen molar-refractivity contribution in [1.82, 2.24) is 10.2 Å². The summed E-state index contributed by atoms with van der Waals surface area (Å²) in [4.78, 5) is 1.30. The smallest absolute Gasteiger partial charge is 0.395 e. The van der Waals surface area contributed by atoms with Gasteiger partial charge in [0.1, 0.15) is 0 Å². The lowest BCUT2D eigenvalue weighted by molar-refractivity contribution is -0.148. The van der Waals surface area contributed by atoms with Crippen molar-refractivity contribution in [3.63, 3.8) is 0 Å². The van der Waals surface area contributed by atoms with E-state index < -0.39 is 12.7 Å². The number of alkyl halides is 3. The van der Waals surface area contributed by atoms with Gasteiger partial charge in [-0.05, 0) is 31.8 Å². The van der Waals surface area contributed by atoms with Crippen LogP contribution in [-0.4, -0.2) is 55.5 Å². The second-order valence-corrected chi connectivity index (χ2v) is 4.27. The molecule has 1 aliphatic rings. The SMILES string of the molecule is OCCN(CC1CCNCC1)CC(F)(F)F. The molecule has 0 saturated carbocycles. The molecule has 0 amide bonds. The molecule has 1 aliphatic heterocycles. The third kappa shape index (κ3) is 5.67.